The molecular weight excluding hydrogens is 1370 g/mol. The summed E-state index contributed by atoms with van der Waals surface area (Å²) in [6.45, 7) is 15.7. The molecular formula is C69H104ClIN12O13. The molecule has 3 heterocycles. The maximum absolute atomic E-state index is 15.1. The molecule has 0 aliphatic carbocycles. The third-order valence-corrected chi connectivity index (χ3v) is 20.1. The fourth-order valence-corrected chi connectivity index (χ4v) is 13.4. The Morgan fingerprint density at radius 2 is 1.32 bits per heavy atom. The first-order valence-electron chi connectivity index (χ1n) is 33.6. The van der Waals surface area contributed by atoms with Crippen molar-refractivity contribution in [1.29, 1.82) is 0 Å². The minimum absolute atomic E-state index is 0.0393. The van der Waals surface area contributed by atoms with E-state index in [9.17, 15) is 52.7 Å². The Hall–Kier alpha value is -7.10. The lowest BCUT2D eigenvalue weighted by molar-refractivity contribution is -0.160. The van der Waals surface area contributed by atoms with Gasteiger partial charge in [0.1, 0.15) is 65.7 Å². The number of carbonyl (C=O) groups is 12. The average molecular weight is 1470 g/mol. The SMILES string of the molecule is CCCC[C@@H]1NC(=O)[C@H](Cc2cc(Cl)cc(I)c2)NC(=O)CN(C)C(=O)[C@H](Cc2ccc(OC)cc2)N(C)C(=O)C2CCN2C(=O)[C@H](C)N(C)C(=O)[C@H]([C@@H](C)CC)NC(=O)[C@H](CC)N(C)C(=O)C[C@@H](C(=O)N2CCCCC2)N(C)C(=O)[C@H](CC(C)C)NC(=O)C(C)(C)N(C)C1=O. The molecule has 3 fully saturated rings. The maximum atomic E-state index is 15.1. The monoisotopic (exact) mass is 1470 g/mol. The molecule has 0 bridgehead atoms. The molecule has 1 unspecified atom stereocenters. The summed E-state index contributed by atoms with van der Waals surface area (Å²) >= 11 is 8.60. The number of hydrogen-bond donors (Lipinski definition) is 4. The van der Waals surface area contributed by atoms with Crippen molar-refractivity contribution in [2.75, 3.05) is 75.6 Å². The largest absolute Gasteiger partial charge is 0.497 e. The van der Waals surface area contributed by atoms with E-state index in [4.69, 9.17) is 16.3 Å². The molecule has 532 valence electrons. The second kappa shape index (κ2) is 35.9. The molecule has 25 nitrogen and oxygen atoms in total. The van der Waals surface area contributed by atoms with Crippen LogP contribution in [-0.4, -0.2) is 246 Å². The summed E-state index contributed by atoms with van der Waals surface area (Å²) in [7, 11) is 9.97. The molecule has 12 amide bonds. The van der Waals surface area contributed by atoms with Gasteiger partial charge in [-0.15, -0.1) is 0 Å². The molecule has 2 aromatic carbocycles. The minimum Gasteiger partial charge on any atom is -0.497 e. The summed E-state index contributed by atoms with van der Waals surface area (Å²) in [5, 5.41) is 11.8. The van der Waals surface area contributed by atoms with E-state index in [2.05, 4.69) is 43.9 Å². The van der Waals surface area contributed by atoms with Gasteiger partial charge in [0.15, 0.2) is 0 Å². The lowest BCUT2D eigenvalue weighted by atomic mass is 9.95. The highest BCUT2D eigenvalue weighted by molar-refractivity contribution is 14.1. The zero-order valence-corrected chi connectivity index (χ0v) is 62.0. The van der Waals surface area contributed by atoms with Gasteiger partial charge in [0.05, 0.1) is 20.1 Å². The van der Waals surface area contributed by atoms with Crippen LogP contribution in [0.15, 0.2) is 42.5 Å². The summed E-state index contributed by atoms with van der Waals surface area (Å²) in [5.74, 6) is -8.07. The van der Waals surface area contributed by atoms with E-state index in [0.717, 1.165) is 14.9 Å². The number of nitrogens with one attached hydrogen (secondary N) is 4. The highest BCUT2D eigenvalue weighted by Crippen LogP contribution is 2.27. The van der Waals surface area contributed by atoms with Gasteiger partial charge < -0.3 is 65.2 Å². The number of ether oxygens (including phenoxy) is 1. The highest BCUT2D eigenvalue weighted by Gasteiger charge is 2.47. The Morgan fingerprint density at radius 1 is 0.677 bits per heavy atom. The van der Waals surface area contributed by atoms with E-state index in [1.54, 1.807) is 61.2 Å². The first-order valence-corrected chi connectivity index (χ1v) is 35.1. The number of likely N-dealkylation sites (tertiary alicyclic amines) is 1. The van der Waals surface area contributed by atoms with Gasteiger partial charge in [-0.2, -0.15) is 0 Å². The highest BCUT2D eigenvalue weighted by atomic mass is 127. The van der Waals surface area contributed by atoms with E-state index in [1.807, 2.05) is 27.7 Å². The zero-order valence-electron chi connectivity index (χ0n) is 59.1. The summed E-state index contributed by atoms with van der Waals surface area (Å²) in [6.07, 6.45) is 3.50. The van der Waals surface area contributed by atoms with Crippen molar-refractivity contribution in [3.05, 3.63) is 62.2 Å². The van der Waals surface area contributed by atoms with Gasteiger partial charge in [0, 0.05) is 83.4 Å². The van der Waals surface area contributed by atoms with Gasteiger partial charge in [-0.3, -0.25) is 57.5 Å². The maximum Gasteiger partial charge on any atom is 0.246 e. The van der Waals surface area contributed by atoms with Crippen LogP contribution in [0.4, 0.5) is 0 Å². The number of benzene rings is 2. The normalized spacial score (nSPS) is 25.6. The molecule has 3 aliphatic heterocycles. The Bertz CT molecular complexity index is 3110. The molecule has 0 aromatic heterocycles. The molecule has 10 atom stereocenters. The van der Waals surface area contributed by atoms with Gasteiger partial charge in [-0.25, -0.2) is 0 Å². The molecule has 0 radical (unpaired) electrons. The van der Waals surface area contributed by atoms with Gasteiger partial charge in [-0.1, -0.05) is 84.5 Å². The number of nitrogens with zero attached hydrogens (tertiary/aromatic N) is 8. The summed E-state index contributed by atoms with van der Waals surface area (Å²) in [6, 6.07) is 0.848. The van der Waals surface area contributed by atoms with Gasteiger partial charge in [0.2, 0.25) is 70.9 Å². The van der Waals surface area contributed by atoms with E-state index in [0.29, 0.717) is 67.1 Å². The number of methoxy groups -OCH3 is 1. The van der Waals surface area contributed by atoms with Crippen LogP contribution in [0.2, 0.25) is 5.02 Å². The van der Waals surface area contributed by atoms with E-state index in [1.165, 1.54) is 99.6 Å². The Kier molecular flexibility index (Phi) is 29.8. The second-order valence-electron chi connectivity index (χ2n) is 26.9. The van der Waals surface area contributed by atoms with Crippen molar-refractivity contribution in [3.63, 3.8) is 0 Å². The number of fused-ring (bicyclic) bond motifs is 1. The molecule has 27 heteroatoms. The van der Waals surface area contributed by atoms with Crippen molar-refractivity contribution in [1.82, 2.24) is 60.5 Å². The number of halogens is 2. The second-order valence-corrected chi connectivity index (χ2v) is 28.6. The number of likely N-dealkylation sites (N-methyl/N-ethyl adjacent to an activating group) is 6. The predicted molar refractivity (Wildman–Crippen MR) is 373 cm³/mol. The van der Waals surface area contributed by atoms with Crippen LogP contribution in [0, 0.1) is 15.4 Å². The molecule has 96 heavy (non-hydrogen) atoms. The number of rotatable bonds is 14. The molecule has 2 aromatic rings. The standard InChI is InChI=1S/C69H104ClIN12O13/c1-17-20-24-49-63(90)81(15)69(8,9)68(95)74-51(33-41(4)5)62(89)79(13)55(66(93)82-30-22-21-23-31-82)39-57(85)78(12)52(19-3)60(87)75-58(42(6)18-2)67(94)77(11)43(7)61(88)83-32-29-53(83)65(92)80(14)54(37-44-25-27-48(96-16)28-26-44)64(91)76(10)40-56(84)72-50(59(86)73-49)36-45-34-46(70)38-47(71)35-45/h25-28,34-35,38,41-43,49-55,58H,17-24,29-33,36-37,39-40H2,1-16H3,(H,72,84)(H,73,86)(H,74,95)(H,75,87)/t42-,43-,49-,50-,51-,52-,53?,54-,55-,58-/m0/s1. The first-order chi connectivity index (χ1) is 45.1. The molecule has 0 spiro atoms. The third kappa shape index (κ3) is 20.3. The molecule has 3 aliphatic rings. The van der Waals surface area contributed by atoms with Crippen LogP contribution in [-0.2, 0) is 70.4 Å². The number of unbranched alkanes of at least 4 members (excludes halogenated alkanes) is 1. The summed E-state index contributed by atoms with van der Waals surface area (Å²) in [4.78, 5) is 188. The predicted octanol–water partition coefficient (Wildman–Crippen LogP) is 4.41. The fourth-order valence-electron chi connectivity index (χ4n) is 12.2. The Labute approximate surface area is 585 Å². The Balaban J connectivity index is 1.63. The first kappa shape index (κ1) is 79.6. The minimum atomic E-state index is -1.71. The van der Waals surface area contributed by atoms with E-state index in [-0.39, 0.29) is 51.0 Å². The number of amides is 12. The van der Waals surface area contributed by atoms with Crippen LogP contribution in [0.1, 0.15) is 144 Å². The smallest absolute Gasteiger partial charge is 0.246 e. The summed E-state index contributed by atoms with van der Waals surface area (Å²) in [5.41, 5.74) is -0.523. The van der Waals surface area contributed by atoms with Gasteiger partial charge in [-0.05, 0) is 142 Å². The molecule has 5 rings (SSSR count). The number of carbonyl (C=O) groups excluding carboxylic acids is 12. The number of hydrogen-bond acceptors (Lipinski definition) is 13. The zero-order chi connectivity index (χ0) is 71.8. The van der Waals surface area contributed by atoms with E-state index < -0.39 is 150 Å². The fraction of sp³-hybridized carbons (Fsp3) is 0.652. The third-order valence-electron chi connectivity index (χ3n) is 19.3. The molecule has 4 N–H and O–H groups in total. The van der Waals surface area contributed by atoms with Crippen LogP contribution >= 0.6 is 34.2 Å². The van der Waals surface area contributed by atoms with Crippen LogP contribution in [0.5, 0.6) is 5.75 Å². The lowest BCUT2D eigenvalue weighted by Crippen LogP contribution is -2.65. The molecule has 0 saturated carbocycles. The van der Waals surface area contributed by atoms with Crippen molar-refractivity contribution >= 4 is 105 Å². The van der Waals surface area contributed by atoms with Crippen molar-refractivity contribution < 1.29 is 62.3 Å². The van der Waals surface area contributed by atoms with Crippen molar-refractivity contribution in [3.8, 4) is 5.75 Å². The van der Waals surface area contributed by atoms with Crippen LogP contribution in [0.25, 0.3) is 0 Å². The number of piperidine rings is 1. The van der Waals surface area contributed by atoms with Crippen molar-refractivity contribution in [2.24, 2.45) is 11.8 Å². The lowest BCUT2D eigenvalue weighted by Gasteiger charge is -2.45. The Morgan fingerprint density at radius 3 is 1.89 bits per heavy atom. The van der Waals surface area contributed by atoms with Crippen molar-refractivity contribution in [2.45, 2.75) is 206 Å². The van der Waals surface area contributed by atoms with Gasteiger partial charge >= 0.3 is 0 Å². The molecule has 3 saturated heterocycles. The van der Waals surface area contributed by atoms with E-state index >= 15 is 4.79 Å². The van der Waals surface area contributed by atoms with Gasteiger partial charge in [0.25, 0.3) is 0 Å². The quantitative estimate of drug-likeness (QED) is 0.191. The van der Waals surface area contributed by atoms with Crippen LogP contribution < -0.4 is 26.0 Å². The topological polar surface area (TPSA) is 288 Å². The summed E-state index contributed by atoms with van der Waals surface area (Å²) < 4.78 is 6.11. The van der Waals surface area contributed by atoms with Crippen LogP contribution in [0.3, 0.4) is 0 Å². The average Bonchev–Trinajstić information content (AvgIpc) is 0.786.